The van der Waals surface area contributed by atoms with E-state index in [0.29, 0.717) is 15.0 Å². The van der Waals surface area contributed by atoms with Crippen LogP contribution in [0.3, 0.4) is 0 Å². The van der Waals surface area contributed by atoms with Crippen LogP contribution in [0.2, 0.25) is 5.32 Å². The molecule has 0 bridgehead atoms. The molecular weight excluding hydrogens is 247 g/mol. The van der Waals surface area contributed by atoms with Crippen LogP contribution in [0.25, 0.3) is 0 Å². The van der Waals surface area contributed by atoms with Crippen molar-refractivity contribution < 1.29 is 0 Å². The predicted octanol–water partition coefficient (Wildman–Crippen LogP) is 2.68. The van der Waals surface area contributed by atoms with Gasteiger partial charge in [0, 0.05) is 0 Å². The minimum atomic E-state index is 0.622. The van der Waals surface area contributed by atoms with Crippen LogP contribution >= 0.6 is 0 Å². The summed E-state index contributed by atoms with van der Waals surface area (Å²) in [5, 5.41) is 1.29. The summed E-state index contributed by atoms with van der Waals surface area (Å²) in [5.41, 5.74) is 1.45. The summed E-state index contributed by atoms with van der Waals surface area (Å²) in [5.74, 6) is 0. The van der Waals surface area contributed by atoms with E-state index in [1.165, 1.54) is 21.8 Å². The van der Waals surface area contributed by atoms with Crippen molar-refractivity contribution in [3.8, 4) is 0 Å². The molecule has 1 heteroatoms. The minimum absolute atomic E-state index is 0.622. The van der Waals surface area contributed by atoms with Gasteiger partial charge < -0.3 is 0 Å². The molecule has 15 heavy (non-hydrogen) atoms. The van der Waals surface area contributed by atoms with Gasteiger partial charge in [0.25, 0.3) is 0 Å². The second kappa shape index (κ2) is 5.75. The van der Waals surface area contributed by atoms with Gasteiger partial charge in [-0.15, -0.1) is 0 Å². The Labute approximate surface area is 97.5 Å². The molecule has 0 spiro atoms. The summed E-state index contributed by atoms with van der Waals surface area (Å²) < 4.78 is 1.50. The number of hydrogen-bond donors (Lipinski definition) is 0. The van der Waals surface area contributed by atoms with Gasteiger partial charge in [0.15, 0.2) is 0 Å². The molecule has 2 aromatic rings. The van der Waals surface area contributed by atoms with Gasteiger partial charge in [-0.25, -0.2) is 0 Å². The first-order valence-electron chi connectivity index (χ1n) is 5.17. The van der Waals surface area contributed by atoms with Gasteiger partial charge in [0.05, 0.1) is 0 Å². The Kier molecular flexibility index (Phi) is 4.01. The summed E-state index contributed by atoms with van der Waals surface area (Å²) in [6.45, 7) is 0. The molecule has 0 aliphatic rings. The molecule has 2 rings (SSSR count). The van der Waals surface area contributed by atoms with Crippen molar-refractivity contribution in [3.05, 3.63) is 66.2 Å². The van der Waals surface area contributed by atoms with Crippen molar-refractivity contribution in [2.75, 3.05) is 0 Å². The standard InChI is InChI=1S/C14H14Se/c1-3-7-13(8-4-1)11-12-15-14-9-5-2-6-10-14/h1-10H,11-12H2. The predicted molar refractivity (Wildman–Crippen MR) is 66.8 cm³/mol. The van der Waals surface area contributed by atoms with Crippen LogP contribution in [-0.2, 0) is 6.42 Å². The van der Waals surface area contributed by atoms with E-state index in [2.05, 4.69) is 60.7 Å². The van der Waals surface area contributed by atoms with Gasteiger partial charge in [-0.05, 0) is 0 Å². The van der Waals surface area contributed by atoms with Crippen LogP contribution in [0.5, 0.6) is 0 Å². The van der Waals surface area contributed by atoms with E-state index in [1.54, 1.807) is 0 Å². The van der Waals surface area contributed by atoms with Crippen LogP contribution < -0.4 is 4.46 Å². The molecule has 0 unspecified atom stereocenters. The Bertz CT molecular complexity index is 341. The zero-order valence-corrected chi connectivity index (χ0v) is 10.3. The summed E-state index contributed by atoms with van der Waals surface area (Å²) in [7, 11) is 0. The summed E-state index contributed by atoms with van der Waals surface area (Å²) in [6.07, 6.45) is 1.20. The van der Waals surface area contributed by atoms with E-state index >= 15 is 0 Å². The second-order valence-electron chi connectivity index (χ2n) is 3.40. The Morgan fingerprint density at radius 1 is 0.733 bits per heavy atom. The molecule has 0 N–H and O–H groups in total. The number of aryl methyl sites for hydroxylation is 1. The van der Waals surface area contributed by atoms with Crippen molar-refractivity contribution in [2.24, 2.45) is 0 Å². The Morgan fingerprint density at radius 3 is 2.00 bits per heavy atom. The fraction of sp³-hybridized carbons (Fsp3) is 0.143. The third kappa shape index (κ3) is 3.54. The van der Waals surface area contributed by atoms with Crippen LogP contribution in [0.15, 0.2) is 60.7 Å². The third-order valence-electron chi connectivity index (χ3n) is 2.25. The van der Waals surface area contributed by atoms with Crippen molar-refractivity contribution in [2.45, 2.75) is 11.7 Å². The Hall–Kier alpha value is -1.04. The normalized spacial score (nSPS) is 10.1. The third-order valence-corrected chi connectivity index (χ3v) is 4.37. The van der Waals surface area contributed by atoms with Gasteiger partial charge in [-0.1, -0.05) is 0 Å². The SMILES string of the molecule is c1ccc(CC[Se]c2ccccc2)cc1. The van der Waals surface area contributed by atoms with E-state index in [1.807, 2.05) is 0 Å². The van der Waals surface area contributed by atoms with Gasteiger partial charge in [0.1, 0.15) is 0 Å². The Morgan fingerprint density at radius 2 is 1.33 bits per heavy atom. The van der Waals surface area contributed by atoms with Gasteiger partial charge in [-0.3, -0.25) is 0 Å². The summed E-state index contributed by atoms with van der Waals surface area (Å²) >= 11 is 0.622. The zero-order valence-electron chi connectivity index (χ0n) is 8.60. The number of rotatable bonds is 4. The fourth-order valence-electron chi connectivity index (χ4n) is 1.45. The molecule has 0 aromatic heterocycles. The van der Waals surface area contributed by atoms with Crippen LogP contribution in [0, 0.1) is 0 Å². The molecule has 0 amide bonds. The van der Waals surface area contributed by atoms with Crippen molar-refractivity contribution in [1.82, 2.24) is 0 Å². The second-order valence-corrected chi connectivity index (χ2v) is 5.85. The monoisotopic (exact) mass is 262 g/mol. The molecule has 0 radical (unpaired) electrons. The van der Waals surface area contributed by atoms with Crippen molar-refractivity contribution in [1.29, 1.82) is 0 Å². The maximum atomic E-state index is 2.23. The van der Waals surface area contributed by atoms with Crippen molar-refractivity contribution in [3.63, 3.8) is 0 Å². The average molecular weight is 261 g/mol. The molecule has 0 nitrogen and oxygen atoms in total. The molecular formula is C14H14Se. The van der Waals surface area contributed by atoms with Crippen LogP contribution in [0.4, 0.5) is 0 Å². The van der Waals surface area contributed by atoms with E-state index in [9.17, 15) is 0 Å². The van der Waals surface area contributed by atoms with E-state index in [-0.39, 0.29) is 0 Å². The molecule has 0 aliphatic heterocycles. The molecule has 2 aromatic carbocycles. The molecule has 76 valence electrons. The van der Waals surface area contributed by atoms with Gasteiger partial charge in [-0.2, -0.15) is 0 Å². The van der Waals surface area contributed by atoms with E-state index in [4.69, 9.17) is 0 Å². The van der Waals surface area contributed by atoms with Crippen LogP contribution in [0.1, 0.15) is 5.56 Å². The maximum absolute atomic E-state index is 2.23. The average Bonchev–Trinajstić information content (AvgIpc) is 2.32. The number of benzene rings is 2. The Balaban J connectivity index is 1.81. The van der Waals surface area contributed by atoms with E-state index in [0.717, 1.165) is 0 Å². The summed E-state index contributed by atoms with van der Waals surface area (Å²) in [4.78, 5) is 0. The summed E-state index contributed by atoms with van der Waals surface area (Å²) in [6, 6.07) is 21.5. The van der Waals surface area contributed by atoms with E-state index < -0.39 is 0 Å². The molecule has 0 atom stereocenters. The quantitative estimate of drug-likeness (QED) is 0.742. The molecule has 0 saturated heterocycles. The molecule has 0 heterocycles. The van der Waals surface area contributed by atoms with Crippen molar-refractivity contribution >= 4 is 19.4 Å². The first kappa shape index (κ1) is 10.5. The first-order chi connectivity index (χ1) is 7.45. The molecule has 0 fully saturated rings. The first-order valence-corrected chi connectivity index (χ1v) is 7.24. The fourth-order valence-corrected chi connectivity index (χ4v) is 3.38. The zero-order chi connectivity index (χ0) is 10.3. The van der Waals surface area contributed by atoms with Gasteiger partial charge >= 0.3 is 97.4 Å². The van der Waals surface area contributed by atoms with Gasteiger partial charge in [0.2, 0.25) is 0 Å². The topological polar surface area (TPSA) is 0 Å². The molecule has 0 saturated carbocycles. The van der Waals surface area contributed by atoms with Crippen LogP contribution in [-0.4, -0.2) is 15.0 Å². The number of hydrogen-bond acceptors (Lipinski definition) is 0. The molecule has 0 aliphatic carbocycles.